The largest absolute Gasteiger partial charge is 0.448 e. The highest BCUT2D eigenvalue weighted by Gasteiger charge is 2.75. The Kier molecular flexibility index (Phi) is 3.19. The molecule has 2 fully saturated rings. The summed E-state index contributed by atoms with van der Waals surface area (Å²) in [6.07, 6.45) is 1.11. The lowest BCUT2D eigenvalue weighted by Gasteiger charge is -2.35. The molecule has 2 aliphatic rings. The smallest absolute Gasteiger partial charge is 0.313 e. The van der Waals surface area contributed by atoms with Crippen molar-refractivity contribution >= 4 is 33.5 Å². The Morgan fingerprint density at radius 3 is 2.50 bits per heavy atom. The van der Waals surface area contributed by atoms with E-state index in [2.05, 4.69) is 21.2 Å². The number of anilines is 1. The molecule has 0 unspecified atom stereocenters. The first-order valence-corrected chi connectivity index (χ1v) is 7.93. The van der Waals surface area contributed by atoms with Crippen LogP contribution >= 0.6 is 15.9 Å². The van der Waals surface area contributed by atoms with E-state index in [1.165, 1.54) is 18.2 Å². The monoisotopic (exact) mass is 369 g/mol. The maximum Gasteiger partial charge on any atom is 0.313 e. The van der Waals surface area contributed by atoms with Crippen molar-refractivity contribution < 1.29 is 18.7 Å². The predicted molar refractivity (Wildman–Crippen MR) is 82.7 cm³/mol. The van der Waals surface area contributed by atoms with Crippen LogP contribution in [0.5, 0.6) is 0 Å². The molecule has 1 aromatic carbocycles. The predicted octanol–water partition coefficient (Wildman–Crippen LogP) is 3.65. The van der Waals surface area contributed by atoms with Crippen molar-refractivity contribution in [3.63, 3.8) is 0 Å². The van der Waals surface area contributed by atoms with E-state index >= 15 is 0 Å². The zero-order valence-corrected chi connectivity index (χ0v) is 14.2. The van der Waals surface area contributed by atoms with Gasteiger partial charge in [-0.25, -0.2) is 4.39 Å². The summed E-state index contributed by atoms with van der Waals surface area (Å²) in [5.74, 6) is -1.08. The fraction of sp³-hybridized carbons (Fsp3) is 0.500. The van der Waals surface area contributed by atoms with Crippen LogP contribution in [0, 0.1) is 16.6 Å². The number of esters is 1. The second kappa shape index (κ2) is 4.54. The summed E-state index contributed by atoms with van der Waals surface area (Å²) in [6, 6.07) is 4.02. The number of benzene rings is 1. The van der Waals surface area contributed by atoms with Gasteiger partial charge in [-0.05, 0) is 53.9 Å². The number of hydrogen-bond donors (Lipinski definition) is 1. The third-order valence-corrected chi connectivity index (χ3v) is 6.29. The number of halogens is 2. The van der Waals surface area contributed by atoms with E-state index < -0.39 is 22.2 Å². The Balaban J connectivity index is 1.94. The molecule has 3 rings (SSSR count). The average molecular weight is 370 g/mol. The van der Waals surface area contributed by atoms with Crippen molar-refractivity contribution in [3.05, 3.63) is 28.5 Å². The van der Waals surface area contributed by atoms with Crippen LogP contribution in [0.4, 0.5) is 10.1 Å². The van der Waals surface area contributed by atoms with Crippen molar-refractivity contribution in [2.75, 3.05) is 5.32 Å². The molecule has 0 spiro atoms. The van der Waals surface area contributed by atoms with Gasteiger partial charge in [0.15, 0.2) is 5.60 Å². The van der Waals surface area contributed by atoms with E-state index in [4.69, 9.17) is 4.74 Å². The van der Waals surface area contributed by atoms with Crippen molar-refractivity contribution in [2.45, 2.75) is 39.2 Å². The number of nitrogens with one attached hydrogen (secondary N) is 1. The Morgan fingerprint density at radius 1 is 1.32 bits per heavy atom. The van der Waals surface area contributed by atoms with Crippen LogP contribution in [-0.2, 0) is 14.3 Å². The van der Waals surface area contributed by atoms with E-state index in [-0.39, 0.29) is 11.9 Å². The lowest BCUT2D eigenvalue weighted by molar-refractivity contribution is -0.165. The van der Waals surface area contributed by atoms with E-state index in [0.29, 0.717) is 23.0 Å². The first-order valence-electron chi connectivity index (χ1n) is 7.14. The fourth-order valence-corrected chi connectivity index (χ4v) is 4.01. The maximum atomic E-state index is 13.1. The summed E-state index contributed by atoms with van der Waals surface area (Å²) in [5.41, 5.74) is -1.97. The van der Waals surface area contributed by atoms with Gasteiger partial charge < -0.3 is 10.1 Å². The number of hydrogen-bond acceptors (Lipinski definition) is 3. The molecule has 4 nitrogen and oxygen atoms in total. The zero-order valence-electron chi connectivity index (χ0n) is 12.6. The van der Waals surface area contributed by atoms with Crippen molar-refractivity contribution in [1.29, 1.82) is 0 Å². The minimum atomic E-state index is -1.17. The highest BCUT2D eigenvalue weighted by atomic mass is 79.9. The van der Waals surface area contributed by atoms with E-state index in [9.17, 15) is 14.0 Å². The molecule has 0 aromatic heterocycles. The van der Waals surface area contributed by atoms with Crippen LogP contribution in [-0.4, -0.2) is 17.5 Å². The van der Waals surface area contributed by atoms with Crippen LogP contribution in [0.25, 0.3) is 0 Å². The molecule has 1 aromatic rings. The minimum absolute atomic E-state index is 0.322. The van der Waals surface area contributed by atoms with E-state index in [0.717, 1.165) is 0 Å². The van der Waals surface area contributed by atoms with E-state index in [1.54, 1.807) is 0 Å². The van der Waals surface area contributed by atoms with Gasteiger partial charge in [-0.3, -0.25) is 9.59 Å². The number of ether oxygens (including phenoxy) is 1. The minimum Gasteiger partial charge on any atom is -0.448 e. The van der Waals surface area contributed by atoms with Gasteiger partial charge in [0.25, 0.3) is 5.91 Å². The highest BCUT2D eigenvalue weighted by molar-refractivity contribution is 9.10. The van der Waals surface area contributed by atoms with Gasteiger partial charge >= 0.3 is 5.97 Å². The first kappa shape index (κ1) is 15.5. The van der Waals surface area contributed by atoms with Crippen LogP contribution < -0.4 is 5.32 Å². The fourth-order valence-electron chi connectivity index (χ4n) is 3.56. The third-order valence-electron chi connectivity index (χ3n) is 5.63. The van der Waals surface area contributed by atoms with Crippen LogP contribution in [0.2, 0.25) is 0 Å². The highest BCUT2D eigenvalue weighted by Crippen LogP contribution is 2.65. The molecule has 0 radical (unpaired) electrons. The lowest BCUT2D eigenvalue weighted by Crippen LogP contribution is -2.50. The van der Waals surface area contributed by atoms with Gasteiger partial charge in [-0.15, -0.1) is 0 Å². The molecular weight excluding hydrogens is 353 g/mol. The average Bonchev–Trinajstić information content (AvgIpc) is 2.72. The normalized spacial score (nSPS) is 32.0. The molecule has 1 saturated heterocycles. The summed E-state index contributed by atoms with van der Waals surface area (Å²) in [5, 5.41) is 2.76. The molecular formula is C16H17BrFNO3. The van der Waals surface area contributed by atoms with E-state index in [1.807, 2.05) is 20.8 Å². The van der Waals surface area contributed by atoms with Gasteiger partial charge in [0, 0.05) is 9.89 Å². The Labute approximate surface area is 136 Å². The van der Waals surface area contributed by atoms with Gasteiger partial charge in [0.1, 0.15) is 5.82 Å². The summed E-state index contributed by atoms with van der Waals surface area (Å²) >= 11 is 3.22. The molecule has 22 heavy (non-hydrogen) atoms. The molecule has 2 atom stereocenters. The number of rotatable bonds is 2. The molecule has 1 heterocycles. The molecule has 1 aliphatic heterocycles. The number of fused-ring (bicyclic) bond motifs is 2. The number of amides is 1. The number of carbonyl (C=O) groups is 2. The first-order chi connectivity index (χ1) is 10.1. The quantitative estimate of drug-likeness (QED) is 0.809. The van der Waals surface area contributed by atoms with Gasteiger partial charge in [0.2, 0.25) is 0 Å². The SMILES string of the molecule is CC1(C)[C@]2(C)CC[C@]1(C(=O)Nc1ccc(F)cc1Br)OC2=O. The standard InChI is InChI=1S/C16H17BrFNO3/c1-14(2)15(3)6-7-16(14,22-13(15)21)12(20)19-11-5-4-9(18)8-10(11)17/h4-5,8H,6-7H2,1-3H3,(H,19,20)/t15-,16-/m1/s1. The van der Waals surface area contributed by atoms with Crippen LogP contribution in [0.1, 0.15) is 33.6 Å². The van der Waals surface area contributed by atoms with Crippen molar-refractivity contribution in [3.8, 4) is 0 Å². The van der Waals surface area contributed by atoms with Crippen LogP contribution in [0.15, 0.2) is 22.7 Å². The molecule has 1 aliphatic carbocycles. The lowest BCUT2D eigenvalue weighted by atomic mass is 9.66. The topological polar surface area (TPSA) is 55.4 Å². The summed E-state index contributed by atoms with van der Waals surface area (Å²) in [6.45, 7) is 5.64. The second-order valence-corrected chi connectivity index (χ2v) is 7.61. The summed E-state index contributed by atoms with van der Waals surface area (Å²) in [4.78, 5) is 25.0. The Bertz CT molecular complexity index is 690. The van der Waals surface area contributed by atoms with Crippen LogP contribution in [0.3, 0.4) is 0 Å². The molecule has 118 valence electrons. The van der Waals surface area contributed by atoms with Gasteiger partial charge in [-0.2, -0.15) is 0 Å². The second-order valence-electron chi connectivity index (χ2n) is 6.75. The molecule has 1 saturated carbocycles. The maximum absolute atomic E-state index is 13.1. The van der Waals surface area contributed by atoms with Gasteiger partial charge in [-0.1, -0.05) is 13.8 Å². The zero-order chi connectivity index (χ0) is 16.3. The molecule has 6 heteroatoms. The van der Waals surface area contributed by atoms with Crippen molar-refractivity contribution in [2.24, 2.45) is 10.8 Å². The summed E-state index contributed by atoms with van der Waals surface area (Å²) < 4.78 is 19.1. The van der Waals surface area contributed by atoms with Crippen molar-refractivity contribution in [1.82, 2.24) is 0 Å². The summed E-state index contributed by atoms with van der Waals surface area (Å²) in [7, 11) is 0. The molecule has 1 amide bonds. The molecule has 2 bridgehead atoms. The van der Waals surface area contributed by atoms with Gasteiger partial charge in [0.05, 0.1) is 11.1 Å². The number of carbonyl (C=O) groups excluding carboxylic acids is 2. The Hall–Kier alpha value is -1.43. The molecule has 1 N–H and O–H groups in total. The third kappa shape index (κ3) is 1.73. The Morgan fingerprint density at radius 2 is 2.00 bits per heavy atom.